The second-order valence-corrected chi connectivity index (χ2v) is 7.69. The second kappa shape index (κ2) is 7.26. The van der Waals surface area contributed by atoms with Gasteiger partial charge in [-0.2, -0.15) is 4.98 Å². The van der Waals surface area contributed by atoms with Gasteiger partial charge in [-0.3, -0.25) is 4.90 Å². The Morgan fingerprint density at radius 2 is 2.08 bits per heavy atom. The maximum atomic E-state index is 10.2. The average Bonchev–Trinajstić information content (AvgIpc) is 3.22. The van der Waals surface area contributed by atoms with Crippen molar-refractivity contribution >= 4 is 0 Å². The van der Waals surface area contributed by atoms with Crippen molar-refractivity contribution in [3.05, 3.63) is 35.7 Å². The number of hydrogen-bond donors (Lipinski definition) is 1. The molecule has 2 unspecified atom stereocenters. The first kappa shape index (κ1) is 16.7. The van der Waals surface area contributed by atoms with Gasteiger partial charge >= 0.3 is 0 Å². The summed E-state index contributed by atoms with van der Waals surface area (Å²) in [6, 6.07) is 8.19. The lowest BCUT2D eigenvalue weighted by Gasteiger charge is -2.29. The third kappa shape index (κ3) is 3.77. The summed E-state index contributed by atoms with van der Waals surface area (Å²) in [6.07, 6.45) is 7.03. The zero-order valence-electron chi connectivity index (χ0n) is 14.9. The molecule has 5 nitrogen and oxygen atoms in total. The predicted molar refractivity (Wildman–Crippen MR) is 96.0 cm³/mol. The fraction of sp³-hybridized carbons (Fsp3) is 0.600. The molecule has 25 heavy (non-hydrogen) atoms. The van der Waals surface area contributed by atoms with Crippen molar-refractivity contribution < 1.29 is 9.63 Å². The molecule has 1 saturated heterocycles. The molecular formula is C20H27N3O2. The number of rotatable bonds is 4. The zero-order valence-corrected chi connectivity index (χ0v) is 14.9. The standard InChI is InChI=1S/C20H27N3O2/c1-14-6-5-9-16(10-14)19-21-20(25-22-19)18-11-17(24)13-23(18)12-15-7-3-2-4-8-15/h5-6,9-10,15,17-18,24H,2-4,7-8,11-13H2,1H3. The Kier molecular flexibility index (Phi) is 4.86. The molecule has 5 heteroatoms. The van der Waals surface area contributed by atoms with E-state index < -0.39 is 0 Å². The van der Waals surface area contributed by atoms with Crippen LogP contribution in [-0.4, -0.2) is 39.3 Å². The van der Waals surface area contributed by atoms with Crippen LogP contribution >= 0.6 is 0 Å². The highest BCUT2D eigenvalue weighted by molar-refractivity contribution is 5.55. The van der Waals surface area contributed by atoms with Crippen molar-refractivity contribution in [3.8, 4) is 11.4 Å². The van der Waals surface area contributed by atoms with Crippen molar-refractivity contribution in [2.24, 2.45) is 5.92 Å². The van der Waals surface area contributed by atoms with Crippen LogP contribution < -0.4 is 0 Å². The Bertz CT molecular complexity index is 708. The Balaban J connectivity index is 1.51. The van der Waals surface area contributed by atoms with E-state index in [1.165, 1.54) is 37.7 Å². The summed E-state index contributed by atoms with van der Waals surface area (Å²) in [4.78, 5) is 7.01. The lowest BCUT2D eigenvalue weighted by molar-refractivity contribution is 0.147. The van der Waals surface area contributed by atoms with E-state index in [1.807, 2.05) is 12.1 Å². The van der Waals surface area contributed by atoms with Crippen LogP contribution in [0.25, 0.3) is 11.4 Å². The fourth-order valence-corrected chi connectivity index (χ4v) is 4.31. The van der Waals surface area contributed by atoms with Crippen LogP contribution in [0.5, 0.6) is 0 Å². The van der Waals surface area contributed by atoms with Gasteiger partial charge in [-0.25, -0.2) is 0 Å². The minimum absolute atomic E-state index is 0.0444. The molecule has 1 aliphatic carbocycles. The first-order valence-corrected chi connectivity index (χ1v) is 9.52. The molecule has 1 aliphatic heterocycles. The van der Waals surface area contributed by atoms with Gasteiger partial charge in [-0.05, 0) is 38.2 Å². The molecule has 0 bridgehead atoms. The van der Waals surface area contributed by atoms with Crippen molar-refractivity contribution in [3.63, 3.8) is 0 Å². The van der Waals surface area contributed by atoms with Gasteiger partial charge in [0, 0.05) is 18.7 Å². The maximum absolute atomic E-state index is 10.2. The van der Waals surface area contributed by atoms with Gasteiger partial charge in [0.25, 0.3) is 0 Å². The maximum Gasteiger partial charge on any atom is 0.244 e. The topological polar surface area (TPSA) is 62.4 Å². The molecule has 2 atom stereocenters. The Hall–Kier alpha value is -1.72. The number of hydrogen-bond acceptors (Lipinski definition) is 5. The molecule has 1 N–H and O–H groups in total. The van der Waals surface area contributed by atoms with Crippen LogP contribution in [0.1, 0.15) is 56.0 Å². The van der Waals surface area contributed by atoms with Gasteiger partial charge in [0.2, 0.25) is 11.7 Å². The summed E-state index contributed by atoms with van der Waals surface area (Å²) in [6.45, 7) is 3.80. The van der Waals surface area contributed by atoms with Crippen molar-refractivity contribution in [1.82, 2.24) is 15.0 Å². The molecule has 2 aliphatic rings. The Morgan fingerprint density at radius 3 is 2.88 bits per heavy atom. The Labute approximate surface area is 149 Å². The summed E-state index contributed by atoms with van der Waals surface area (Å²) < 4.78 is 5.60. The summed E-state index contributed by atoms with van der Waals surface area (Å²) >= 11 is 0. The number of nitrogens with zero attached hydrogens (tertiary/aromatic N) is 3. The number of aryl methyl sites for hydroxylation is 1. The van der Waals surface area contributed by atoms with E-state index in [-0.39, 0.29) is 12.1 Å². The van der Waals surface area contributed by atoms with Crippen LogP contribution in [-0.2, 0) is 0 Å². The van der Waals surface area contributed by atoms with Crippen molar-refractivity contribution in [2.75, 3.05) is 13.1 Å². The molecule has 0 radical (unpaired) electrons. The molecule has 1 saturated carbocycles. The summed E-state index contributed by atoms with van der Waals surface area (Å²) in [5, 5.41) is 14.4. The normalized spacial score (nSPS) is 25.5. The third-order valence-electron chi connectivity index (χ3n) is 5.60. The van der Waals surface area contributed by atoms with Gasteiger partial charge in [-0.1, -0.05) is 48.2 Å². The molecular weight excluding hydrogens is 314 g/mol. The van der Waals surface area contributed by atoms with Crippen molar-refractivity contribution in [2.45, 2.75) is 57.6 Å². The van der Waals surface area contributed by atoms with E-state index in [4.69, 9.17) is 4.52 Å². The highest BCUT2D eigenvalue weighted by atomic mass is 16.5. The molecule has 0 spiro atoms. The number of likely N-dealkylation sites (tertiary alicyclic amines) is 1. The summed E-state index contributed by atoms with van der Waals surface area (Å²) in [5.74, 6) is 2.02. The number of aliphatic hydroxyl groups excluding tert-OH is 1. The number of aromatic nitrogens is 2. The van der Waals surface area contributed by atoms with Gasteiger partial charge < -0.3 is 9.63 Å². The summed E-state index contributed by atoms with van der Waals surface area (Å²) in [7, 11) is 0. The van der Waals surface area contributed by atoms with E-state index in [2.05, 4.69) is 34.1 Å². The summed E-state index contributed by atoms with van der Waals surface area (Å²) in [5.41, 5.74) is 2.16. The van der Waals surface area contributed by atoms with Crippen molar-refractivity contribution in [1.29, 1.82) is 0 Å². The zero-order chi connectivity index (χ0) is 17.2. The van der Waals surface area contributed by atoms with Gasteiger partial charge in [0.1, 0.15) is 0 Å². The minimum Gasteiger partial charge on any atom is -0.392 e. The highest BCUT2D eigenvalue weighted by Gasteiger charge is 2.37. The van der Waals surface area contributed by atoms with Crippen LogP contribution in [0.3, 0.4) is 0 Å². The van der Waals surface area contributed by atoms with E-state index in [9.17, 15) is 5.11 Å². The van der Waals surface area contributed by atoms with Crippen LogP contribution in [0.2, 0.25) is 0 Å². The number of benzene rings is 1. The molecule has 1 aromatic carbocycles. The molecule has 2 aromatic rings. The third-order valence-corrected chi connectivity index (χ3v) is 5.60. The molecule has 2 heterocycles. The van der Waals surface area contributed by atoms with E-state index in [0.717, 1.165) is 18.0 Å². The monoisotopic (exact) mass is 341 g/mol. The van der Waals surface area contributed by atoms with Crippen LogP contribution in [0, 0.1) is 12.8 Å². The first-order chi connectivity index (χ1) is 12.2. The van der Waals surface area contributed by atoms with Gasteiger partial charge in [0.05, 0.1) is 12.1 Å². The smallest absolute Gasteiger partial charge is 0.244 e. The second-order valence-electron chi connectivity index (χ2n) is 7.69. The lowest BCUT2D eigenvalue weighted by Crippen LogP contribution is -2.31. The minimum atomic E-state index is -0.303. The van der Waals surface area contributed by atoms with Crippen LogP contribution in [0.4, 0.5) is 0 Å². The SMILES string of the molecule is Cc1cccc(-c2noc(C3CC(O)CN3CC3CCCCC3)n2)c1. The van der Waals surface area contributed by atoms with E-state index in [0.29, 0.717) is 24.7 Å². The molecule has 134 valence electrons. The quantitative estimate of drug-likeness (QED) is 0.918. The fourth-order valence-electron chi connectivity index (χ4n) is 4.31. The van der Waals surface area contributed by atoms with Gasteiger partial charge in [-0.15, -0.1) is 0 Å². The molecule has 1 aromatic heterocycles. The number of β-amino-alcohol motifs (C(OH)–C–C–N with tert-alkyl or cyclic N) is 1. The van der Waals surface area contributed by atoms with Gasteiger partial charge in [0.15, 0.2) is 0 Å². The van der Waals surface area contributed by atoms with E-state index in [1.54, 1.807) is 0 Å². The highest BCUT2D eigenvalue weighted by Crippen LogP contribution is 2.35. The lowest BCUT2D eigenvalue weighted by atomic mass is 9.89. The Morgan fingerprint density at radius 1 is 1.24 bits per heavy atom. The van der Waals surface area contributed by atoms with E-state index >= 15 is 0 Å². The molecule has 2 fully saturated rings. The van der Waals surface area contributed by atoms with Crippen LogP contribution in [0.15, 0.2) is 28.8 Å². The largest absolute Gasteiger partial charge is 0.392 e. The average molecular weight is 341 g/mol. The number of aliphatic hydroxyl groups is 1. The molecule has 4 rings (SSSR count). The first-order valence-electron chi connectivity index (χ1n) is 9.52. The molecule has 0 amide bonds. The predicted octanol–water partition coefficient (Wildman–Crippen LogP) is 3.73.